The lowest BCUT2D eigenvalue weighted by atomic mass is 10.1. The van der Waals surface area contributed by atoms with E-state index in [0.717, 1.165) is 17.6 Å². The van der Waals surface area contributed by atoms with Crippen molar-refractivity contribution >= 4 is 27.5 Å². The Kier molecular flexibility index (Phi) is 32.1. The molecule has 0 aliphatic heterocycles. The summed E-state index contributed by atoms with van der Waals surface area (Å²) in [6, 6.07) is 0. The molecule has 0 aromatic rings. The van der Waals surface area contributed by atoms with Crippen LogP contribution in [0.5, 0.6) is 0 Å². The fourth-order valence-corrected chi connectivity index (χ4v) is 3.93. The summed E-state index contributed by atoms with van der Waals surface area (Å²) >= 11 is 8.50. The topological polar surface area (TPSA) is 3.24 Å². The first-order valence-electron chi connectivity index (χ1n) is 12.0. The lowest BCUT2D eigenvalue weighted by Crippen LogP contribution is -2.20. The van der Waals surface area contributed by atoms with Crippen LogP contribution in [0.2, 0.25) is 0 Å². The predicted octanol–water partition coefficient (Wildman–Crippen LogP) is 9.21. The molecule has 0 heterocycles. The molecular formula is C24H51BrClN. The number of rotatable bonds is 20. The van der Waals surface area contributed by atoms with E-state index in [1.165, 1.54) is 116 Å². The second-order valence-electron chi connectivity index (χ2n) is 7.98. The summed E-state index contributed by atoms with van der Waals surface area (Å²) in [4.78, 5) is 2.55. The second kappa shape index (κ2) is 28.9. The SMILES string of the molecule is CCCCCCCCCCN(C)CCCCCCCCCC.ClCCCBr. The van der Waals surface area contributed by atoms with Crippen molar-refractivity contribution in [2.45, 2.75) is 123 Å². The van der Waals surface area contributed by atoms with Gasteiger partial charge in [-0.1, -0.05) is 120 Å². The van der Waals surface area contributed by atoms with Crippen LogP contribution in [0.4, 0.5) is 0 Å². The number of hydrogen-bond acceptors (Lipinski definition) is 1. The molecule has 0 aromatic heterocycles. The Hall–Kier alpha value is 0.730. The van der Waals surface area contributed by atoms with Gasteiger partial charge in [0.15, 0.2) is 0 Å². The third-order valence-corrected chi connectivity index (χ3v) is 5.88. The zero-order valence-corrected chi connectivity index (χ0v) is 21.4. The monoisotopic (exact) mass is 467 g/mol. The highest BCUT2D eigenvalue weighted by Crippen LogP contribution is 2.10. The molecule has 27 heavy (non-hydrogen) atoms. The Bertz CT molecular complexity index is 216. The minimum absolute atomic E-state index is 0.769. The Morgan fingerprint density at radius 2 is 0.889 bits per heavy atom. The van der Waals surface area contributed by atoms with Crippen LogP contribution in [0.25, 0.3) is 0 Å². The van der Waals surface area contributed by atoms with Crippen LogP contribution in [0, 0.1) is 0 Å². The van der Waals surface area contributed by atoms with Crippen molar-refractivity contribution in [3.8, 4) is 0 Å². The summed E-state index contributed by atoms with van der Waals surface area (Å²) in [6.45, 7) is 7.21. The Labute approximate surface area is 186 Å². The molecule has 0 rings (SSSR count). The zero-order chi connectivity index (χ0) is 20.4. The quantitative estimate of drug-likeness (QED) is 0.127. The van der Waals surface area contributed by atoms with Crippen LogP contribution >= 0.6 is 27.5 Å². The highest BCUT2D eigenvalue weighted by atomic mass is 79.9. The first-order chi connectivity index (χ1) is 13.2. The van der Waals surface area contributed by atoms with E-state index < -0.39 is 0 Å². The van der Waals surface area contributed by atoms with E-state index in [9.17, 15) is 0 Å². The average molecular weight is 469 g/mol. The van der Waals surface area contributed by atoms with Gasteiger partial charge in [0.05, 0.1) is 0 Å². The van der Waals surface area contributed by atoms with E-state index in [1.54, 1.807) is 0 Å². The predicted molar refractivity (Wildman–Crippen MR) is 132 cm³/mol. The molecule has 0 bridgehead atoms. The van der Waals surface area contributed by atoms with Crippen LogP contribution in [0.15, 0.2) is 0 Å². The van der Waals surface area contributed by atoms with Gasteiger partial charge in [0, 0.05) is 11.2 Å². The van der Waals surface area contributed by atoms with Crippen molar-refractivity contribution in [2.75, 3.05) is 31.3 Å². The molecule has 0 saturated heterocycles. The maximum atomic E-state index is 5.27. The lowest BCUT2D eigenvalue weighted by molar-refractivity contribution is 0.314. The van der Waals surface area contributed by atoms with Gasteiger partial charge >= 0.3 is 0 Å². The lowest BCUT2D eigenvalue weighted by Gasteiger charge is -2.16. The van der Waals surface area contributed by atoms with Crippen LogP contribution in [0.3, 0.4) is 0 Å². The highest BCUT2D eigenvalue weighted by Gasteiger charge is 1.99. The van der Waals surface area contributed by atoms with Gasteiger partial charge in [-0.3, -0.25) is 0 Å². The minimum atomic E-state index is 0.769. The van der Waals surface area contributed by atoms with E-state index in [-0.39, 0.29) is 0 Å². The summed E-state index contributed by atoms with van der Waals surface area (Å²) < 4.78 is 0. The average Bonchev–Trinajstić information content (AvgIpc) is 2.67. The molecule has 0 spiro atoms. The van der Waals surface area contributed by atoms with E-state index in [1.807, 2.05) is 0 Å². The van der Waals surface area contributed by atoms with Crippen molar-refractivity contribution in [2.24, 2.45) is 0 Å². The van der Waals surface area contributed by atoms with E-state index in [0.29, 0.717) is 0 Å². The smallest absolute Gasteiger partial charge is 0.0231 e. The van der Waals surface area contributed by atoms with Gasteiger partial charge in [0.1, 0.15) is 0 Å². The first-order valence-corrected chi connectivity index (χ1v) is 13.7. The minimum Gasteiger partial charge on any atom is -0.306 e. The van der Waals surface area contributed by atoms with Gasteiger partial charge in [-0.05, 0) is 39.4 Å². The Morgan fingerprint density at radius 3 is 1.15 bits per heavy atom. The molecule has 0 atom stereocenters. The van der Waals surface area contributed by atoms with Crippen molar-refractivity contribution in [1.29, 1.82) is 0 Å². The van der Waals surface area contributed by atoms with Crippen LogP contribution in [0.1, 0.15) is 123 Å². The summed E-state index contributed by atoms with van der Waals surface area (Å²) in [6.07, 6.45) is 24.0. The molecule has 166 valence electrons. The Balaban J connectivity index is 0. The van der Waals surface area contributed by atoms with Gasteiger partial charge in [-0.2, -0.15) is 0 Å². The third-order valence-electron chi connectivity index (χ3n) is 5.05. The molecule has 3 heteroatoms. The number of hydrogen-bond donors (Lipinski definition) is 0. The molecule has 0 fully saturated rings. The molecular weight excluding hydrogens is 418 g/mol. The summed E-state index contributed by atoms with van der Waals surface area (Å²) in [5.74, 6) is 0.769. The normalized spacial score (nSPS) is 10.9. The van der Waals surface area contributed by atoms with Crippen molar-refractivity contribution in [1.82, 2.24) is 4.90 Å². The maximum absolute atomic E-state index is 5.27. The van der Waals surface area contributed by atoms with Gasteiger partial charge in [0.25, 0.3) is 0 Å². The van der Waals surface area contributed by atoms with Gasteiger partial charge < -0.3 is 4.90 Å². The molecule has 0 N–H and O–H groups in total. The molecule has 0 amide bonds. The van der Waals surface area contributed by atoms with Crippen molar-refractivity contribution in [3.63, 3.8) is 0 Å². The molecule has 1 nitrogen and oxygen atoms in total. The number of nitrogens with zero attached hydrogens (tertiary/aromatic N) is 1. The fourth-order valence-electron chi connectivity index (χ4n) is 3.19. The van der Waals surface area contributed by atoms with Crippen molar-refractivity contribution in [3.05, 3.63) is 0 Å². The van der Waals surface area contributed by atoms with Crippen LogP contribution in [-0.4, -0.2) is 36.2 Å². The number of unbranched alkanes of at least 4 members (excludes halogenated alkanes) is 14. The van der Waals surface area contributed by atoms with Gasteiger partial charge in [-0.15, -0.1) is 11.6 Å². The van der Waals surface area contributed by atoms with Crippen molar-refractivity contribution < 1.29 is 0 Å². The molecule has 0 unspecified atom stereocenters. The van der Waals surface area contributed by atoms with Gasteiger partial charge in [-0.25, -0.2) is 0 Å². The molecule has 0 aliphatic carbocycles. The number of halogens is 2. The van der Waals surface area contributed by atoms with E-state index in [4.69, 9.17) is 11.6 Å². The standard InChI is InChI=1S/C21H45N.C3H6BrCl/c1-4-6-8-10-12-14-16-18-20-22(3)21-19-17-15-13-11-9-7-5-2;4-2-1-3-5/h4-21H2,1-3H3;1-3H2. The summed E-state index contributed by atoms with van der Waals surface area (Å²) in [5.41, 5.74) is 0. The number of alkyl halides is 2. The maximum Gasteiger partial charge on any atom is 0.0231 e. The molecule has 0 aromatic carbocycles. The summed E-state index contributed by atoms with van der Waals surface area (Å²) in [7, 11) is 2.31. The second-order valence-corrected chi connectivity index (χ2v) is 9.16. The fraction of sp³-hybridized carbons (Fsp3) is 1.00. The third kappa shape index (κ3) is 31.6. The first kappa shape index (κ1) is 29.9. The largest absolute Gasteiger partial charge is 0.306 e. The van der Waals surface area contributed by atoms with Gasteiger partial charge in [0.2, 0.25) is 0 Å². The van der Waals surface area contributed by atoms with E-state index in [2.05, 4.69) is 41.7 Å². The molecule has 0 saturated carbocycles. The molecule has 0 radical (unpaired) electrons. The Morgan fingerprint density at radius 1 is 0.556 bits per heavy atom. The van der Waals surface area contributed by atoms with Crippen LogP contribution < -0.4 is 0 Å². The summed E-state index contributed by atoms with van der Waals surface area (Å²) in [5, 5.41) is 1.02. The highest BCUT2D eigenvalue weighted by molar-refractivity contribution is 9.09. The van der Waals surface area contributed by atoms with E-state index >= 15 is 0 Å². The zero-order valence-electron chi connectivity index (χ0n) is 19.1. The molecule has 0 aliphatic rings. The van der Waals surface area contributed by atoms with Crippen LogP contribution in [-0.2, 0) is 0 Å².